The smallest absolute Gasteiger partial charge is 0.282 e. The van der Waals surface area contributed by atoms with Gasteiger partial charge in [-0.15, -0.1) is 11.8 Å². The lowest BCUT2D eigenvalue weighted by Crippen LogP contribution is -2.21. The number of aromatic nitrogens is 2. The van der Waals surface area contributed by atoms with Gasteiger partial charge in [-0.25, -0.2) is 8.78 Å². The molecule has 0 bridgehead atoms. The van der Waals surface area contributed by atoms with Crippen LogP contribution in [0.25, 0.3) is 0 Å². The number of rotatable bonds is 6. The summed E-state index contributed by atoms with van der Waals surface area (Å²) in [5.74, 6) is 1.70. The van der Waals surface area contributed by atoms with Crippen LogP contribution in [0.5, 0.6) is 0 Å². The summed E-state index contributed by atoms with van der Waals surface area (Å²) in [5.41, 5.74) is 0.577. The molecule has 1 unspecified atom stereocenters. The molecule has 0 spiro atoms. The van der Waals surface area contributed by atoms with Gasteiger partial charge in [-0.3, -0.25) is 9.58 Å². The summed E-state index contributed by atoms with van der Waals surface area (Å²) in [4.78, 5) is 3.55. The Kier molecular flexibility index (Phi) is 5.33. The molecule has 1 aromatic carbocycles. The van der Waals surface area contributed by atoms with Crippen LogP contribution in [-0.4, -0.2) is 33.5 Å². The van der Waals surface area contributed by atoms with Crippen molar-refractivity contribution in [1.82, 2.24) is 14.7 Å². The van der Waals surface area contributed by atoms with Crippen molar-refractivity contribution in [3.8, 4) is 0 Å². The van der Waals surface area contributed by atoms with Crippen LogP contribution in [0.4, 0.5) is 8.78 Å². The van der Waals surface area contributed by atoms with E-state index in [0.29, 0.717) is 18.0 Å². The fraction of sp³-hybridized carbons (Fsp3) is 0.471. The van der Waals surface area contributed by atoms with Crippen molar-refractivity contribution in [3.05, 3.63) is 47.8 Å². The molecule has 124 valence electrons. The number of likely N-dealkylation sites (tertiary alicyclic amines) is 1. The standard InChI is InChI=1S/C17H21F2N3S/c1-21-10-14(16(20-21)17(18)19)11-22-8-7-13(9-22)12-23-15-5-3-2-4-6-15/h2-6,10,13,17H,7-9,11-12H2,1H3. The molecule has 0 aliphatic carbocycles. The van der Waals surface area contributed by atoms with Crippen molar-refractivity contribution < 1.29 is 8.78 Å². The average Bonchev–Trinajstić information content (AvgIpc) is 3.13. The zero-order valence-corrected chi connectivity index (χ0v) is 14.0. The quantitative estimate of drug-likeness (QED) is 0.744. The van der Waals surface area contributed by atoms with Crippen LogP contribution in [0.2, 0.25) is 0 Å². The van der Waals surface area contributed by atoms with E-state index in [1.54, 1.807) is 13.2 Å². The van der Waals surface area contributed by atoms with Crippen molar-refractivity contribution in [1.29, 1.82) is 0 Å². The zero-order chi connectivity index (χ0) is 16.2. The van der Waals surface area contributed by atoms with Gasteiger partial charge in [-0.1, -0.05) is 18.2 Å². The lowest BCUT2D eigenvalue weighted by atomic mass is 10.2. The van der Waals surface area contributed by atoms with E-state index in [2.05, 4.69) is 34.3 Å². The summed E-state index contributed by atoms with van der Waals surface area (Å²) in [6, 6.07) is 10.4. The van der Waals surface area contributed by atoms with E-state index in [4.69, 9.17) is 0 Å². The SMILES string of the molecule is Cn1cc(CN2CCC(CSc3ccccc3)C2)c(C(F)F)n1. The second-order valence-corrected chi connectivity index (χ2v) is 7.12. The molecule has 3 nitrogen and oxygen atoms in total. The maximum absolute atomic E-state index is 13.0. The molecule has 2 heterocycles. The molecule has 1 saturated heterocycles. The highest BCUT2D eigenvalue weighted by molar-refractivity contribution is 7.99. The molecule has 2 aromatic rings. The first-order valence-corrected chi connectivity index (χ1v) is 8.81. The number of hydrogen-bond acceptors (Lipinski definition) is 3. The number of aryl methyl sites for hydroxylation is 1. The molecule has 1 aliphatic heterocycles. The zero-order valence-electron chi connectivity index (χ0n) is 13.2. The van der Waals surface area contributed by atoms with E-state index in [1.165, 1.54) is 9.58 Å². The van der Waals surface area contributed by atoms with Gasteiger partial charge in [0.05, 0.1) is 0 Å². The second kappa shape index (κ2) is 7.45. The number of benzene rings is 1. The summed E-state index contributed by atoms with van der Waals surface area (Å²) >= 11 is 1.88. The van der Waals surface area contributed by atoms with Crippen LogP contribution >= 0.6 is 11.8 Å². The van der Waals surface area contributed by atoms with Crippen molar-refractivity contribution in [2.24, 2.45) is 13.0 Å². The molecule has 0 N–H and O–H groups in total. The third-order valence-corrected chi connectivity index (χ3v) is 5.38. The van der Waals surface area contributed by atoms with Crippen LogP contribution in [0.15, 0.2) is 41.4 Å². The summed E-state index contributed by atoms with van der Waals surface area (Å²) in [7, 11) is 1.69. The first-order valence-electron chi connectivity index (χ1n) is 7.82. The van der Waals surface area contributed by atoms with Crippen LogP contribution in [0, 0.1) is 5.92 Å². The average molecular weight is 337 g/mol. The molecule has 0 amide bonds. The fourth-order valence-corrected chi connectivity index (χ4v) is 4.07. The van der Waals surface area contributed by atoms with Crippen LogP contribution < -0.4 is 0 Å². The monoisotopic (exact) mass is 337 g/mol. The van der Waals surface area contributed by atoms with E-state index in [0.717, 1.165) is 25.3 Å². The minimum atomic E-state index is -2.50. The topological polar surface area (TPSA) is 21.1 Å². The highest BCUT2D eigenvalue weighted by Gasteiger charge is 2.25. The van der Waals surface area contributed by atoms with Crippen LogP contribution in [0.3, 0.4) is 0 Å². The first-order chi connectivity index (χ1) is 11.1. The molecule has 0 radical (unpaired) electrons. The molecule has 1 atom stereocenters. The summed E-state index contributed by atoms with van der Waals surface area (Å²) in [6.07, 6.45) is 0.343. The maximum Gasteiger partial charge on any atom is 0.282 e. The first kappa shape index (κ1) is 16.5. The molecule has 1 aromatic heterocycles. The summed E-state index contributed by atoms with van der Waals surface area (Å²) < 4.78 is 27.5. The molecule has 1 aliphatic rings. The predicted molar refractivity (Wildman–Crippen MR) is 88.7 cm³/mol. The van der Waals surface area contributed by atoms with E-state index >= 15 is 0 Å². The lowest BCUT2D eigenvalue weighted by Gasteiger charge is -2.15. The Bertz CT molecular complexity index is 630. The third kappa shape index (κ3) is 4.32. The van der Waals surface area contributed by atoms with Crippen LogP contribution in [-0.2, 0) is 13.6 Å². The Morgan fingerprint density at radius 2 is 2.09 bits per heavy atom. The molecule has 3 rings (SSSR count). The number of hydrogen-bond donors (Lipinski definition) is 0. The van der Waals surface area contributed by atoms with E-state index in [1.807, 2.05) is 17.8 Å². The summed E-state index contributed by atoms with van der Waals surface area (Å²) in [5, 5.41) is 3.88. The van der Waals surface area contributed by atoms with Crippen molar-refractivity contribution in [2.75, 3.05) is 18.8 Å². The lowest BCUT2D eigenvalue weighted by molar-refractivity contribution is 0.142. The van der Waals surface area contributed by atoms with Crippen molar-refractivity contribution in [3.63, 3.8) is 0 Å². The van der Waals surface area contributed by atoms with Gasteiger partial charge < -0.3 is 0 Å². The Balaban J connectivity index is 1.52. The Morgan fingerprint density at radius 1 is 1.30 bits per heavy atom. The van der Waals surface area contributed by atoms with Crippen molar-refractivity contribution >= 4 is 11.8 Å². The summed E-state index contributed by atoms with van der Waals surface area (Å²) in [6.45, 7) is 2.51. The Labute approximate surface area is 139 Å². The molecule has 1 fully saturated rings. The predicted octanol–water partition coefficient (Wildman–Crippen LogP) is 3.97. The fourth-order valence-electron chi connectivity index (χ4n) is 3.02. The molecular weight excluding hydrogens is 316 g/mol. The number of alkyl halides is 2. The van der Waals surface area contributed by atoms with Gasteiger partial charge in [0.25, 0.3) is 6.43 Å². The molecule has 23 heavy (non-hydrogen) atoms. The highest BCUT2D eigenvalue weighted by Crippen LogP contribution is 2.28. The van der Waals surface area contributed by atoms with E-state index in [9.17, 15) is 8.78 Å². The number of halogens is 2. The van der Waals surface area contributed by atoms with E-state index in [-0.39, 0.29) is 5.69 Å². The van der Waals surface area contributed by atoms with E-state index < -0.39 is 6.43 Å². The normalized spacial score (nSPS) is 18.9. The van der Waals surface area contributed by atoms with Gasteiger partial charge in [-0.2, -0.15) is 5.10 Å². The number of thioether (sulfide) groups is 1. The van der Waals surface area contributed by atoms with Crippen molar-refractivity contribution in [2.45, 2.75) is 24.3 Å². The maximum atomic E-state index is 13.0. The van der Waals surface area contributed by atoms with Gasteiger partial charge in [0.1, 0.15) is 5.69 Å². The van der Waals surface area contributed by atoms with Gasteiger partial charge in [-0.05, 0) is 31.0 Å². The van der Waals surface area contributed by atoms with Gasteiger partial charge >= 0.3 is 0 Å². The minimum Gasteiger partial charge on any atom is -0.299 e. The van der Waals surface area contributed by atoms with Gasteiger partial charge in [0.2, 0.25) is 0 Å². The third-order valence-electron chi connectivity index (χ3n) is 4.14. The molecular formula is C17H21F2N3S. The Hall–Kier alpha value is -1.40. The highest BCUT2D eigenvalue weighted by atomic mass is 32.2. The molecule has 6 heteroatoms. The Morgan fingerprint density at radius 3 is 2.83 bits per heavy atom. The van der Waals surface area contributed by atoms with Gasteiger partial charge in [0, 0.05) is 42.5 Å². The van der Waals surface area contributed by atoms with Crippen LogP contribution in [0.1, 0.15) is 24.1 Å². The second-order valence-electron chi connectivity index (χ2n) is 6.03. The van der Waals surface area contributed by atoms with Gasteiger partial charge in [0.15, 0.2) is 0 Å². The largest absolute Gasteiger partial charge is 0.299 e. The molecule has 0 saturated carbocycles. The number of nitrogens with zero attached hydrogens (tertiary/aromatic N) is 3. The minimum absolute atomic E-state index is 0.0744.